The minimum atomic E-state index is -0.357. The first kappa shape index (κ1) is 25.2. The molecular weight excluding hydrogens is 350 g/mol. The van der Waals surface area contributed by atoms with Crippen molar-refractivity contribution in [2.45, 2.75) is 34.6 Å². The van der Waals surface area contributed by atoms with Gasteiger partial charge in [-0.3, -0.25) is 9.59 Å². The molecule has 0 aliphatic rings. The van der Waals surface area contributed by atoms with E-state index in [-0.39, 0.29) is 31.0 Å². The van der Waals surface area contributed by atoms with Crippen LogP contribution in [0.2, 0.25) is 0 Å². The summed E-state index contributed by atoms with van der Waals surface area (Å²) >= 11 is 7.39. The maximum atomic E-state index is 11.1. The lowest BCUT2D eigenvalue weighted by Crippen LogP contribution is -2.00. The Morgan fingerprint density at radius 1 is 0.920 bits per heavy atom. The smallest absolute Gasteiger partial charge is 0.217 e. The summed E-state index contributed by atoms with van der Waals surface area (Å²) in [7, 11) is 0. The normalized spacial score (nSPS) is 8.80. The van der Waals surface area contributed by atoms with Crippen LogP contribution in [-0.4, -0.2) is 10.2 Å². The molecule has 0 radical (unpaired) electrons. The molecule has 0 saturated heterocycles. The molecule has 0 N–H and O–H groups in total. The molecule has 0 saturated carbocycles. The van der Waals surface area contributed by atoms with Gasteiger partial charge in [-0.1, -0.05) is 71.2 Å². The van der Waals surface area contributed by atoms with Crippen LogP contribution in [0, 0.1) is 11.3 Å². The Balaban J connectivity index is 0. The number of thiol groups is 2. The lowest BCUT2D eigenvalue weighted by molar-refractivity contribution is 0.108. The van der Waals surface area contributed by atoms with Crippen LogP contribution < -0.4 is 0 Å². The fourth-order valence-electron chi connectivity index (χ4n) is 1.94. The summed E-state index contributed by atoms with van der Waals surface area (Å²) in [6, 6.07) is 16.3. The van der Waals surface area contributed by atoms with Crippen molar-refractivity contribution in [1.29, 1.82) is 5.26 Å². The maximum absolute atomic E-state index is 11.1. The summed E-state index contributed by atoms with van der Waals surface area (Å²) in [4.78, 5) is 21.6. The lowest BCUT2D eigenvalue weighted by atomic mass is 9.94. The molecule has 3 nitrogen and oxygen atoms in total. The average molecular weight is 376 g/mol. The number of benzene rings is 2. The molecule has 0 fully saturated rings. The Morgan fingerprint density at radius 2 is 1.48 bits per heavy atom. The highest BCUT2D eigenvalue weighted by molar-refractivity contribution is 7.97. The fraction of sp³-hybridized carbons (Fsp3) is 0.250. The van der Waals surface area contributed by atoms with Crippen molar-refractivity contribution in [3.8, 4) is 6.07 Å². The van der Waals surface area contributed by atoms with Gasteiger partial charge in [0.25, 0.3) is 0 Å². The largest absolute Gasteiger partial charge is 0.282 e. The fourth-order valence-corrected chi connectivity index (χ4v) is 2.27. The minimum absolute atomic E-state index is 0. The molecule has 2 aromatic rings. The molecule has 0 spiro atoms. The van der Waals surface area contributed by atoms with Gasteiger partial charge in [0.1, 0.15) is 6.07 Å². The third-order valence-corrected chi connectivity index (χ3v) is 3.58. The SMILES string of the molecule is C.C.CC(C)c1cccc(C(=O)S)c1C#N.O=C(S)c1ccccc1. The van der Waals surface area contributed by atoms with Gasteiger partial charge in [-0.15, -0.1) is 25.3 Å². The predicted octanol–water partition coefficient (Wildman–Crippen LogP) is 5.78. The van der Waals surface area contributed by atoms with Crippen LogP contribution >= 0.6 is 25.3 Å². The molecule has 0 heterocycles. The molecular formula is C20H25NO2S2. The molecule has 134 valence electrons. The highest BCUT2D eigenvalue weighted by Gasteiger charge is 2.13. The van der Waals surface area contributed by atoms with E-state index in [2.05, 4.69) is 31.3 Å². The number of nitriles is 1. The van der Waals surface area contributed by atoms with E-state index in [9.17, 15) is 9.59 Å². The highest BCUT2D eigenvalue weighted by Crippen LogP contribution is 2.22. The van der Waals surface area contributed by atoms with Gasteiger partial charge < -0.3 is 0 Å². The molecule has 0 bridgehead atoms. The van der Waals surface area contributed by atoms with Gasteiger partial charge in [0, 0.05) is 11.1 Å². The number of hydrogen-bond acceptors (Lipinski definition) is 3. The molecule has 2 aromatic carbocycles. The van der Waals surface area contributed by atoms with E-state index in [0.29, 0.717) is 16.7 Å². The summed E-state index contributed by atoms with van der Waals surface area (Å²) in [5.74, 6) is 0.234. The van der Waals surface area contributed by atoms with Gasteiger partial charge in [0.15, 0.2) is 0 Å². The van der Waals surface area contributed by atoms with Crippen molar-refractivity contribution >= 4 is 35.5 Å². The van der Waals surface area contributed by atoms with E-state index in [4.69, 9.17) is 5.26 Å². The van der Waals surface area contributed by atoms with Gasteiger partial charge in [-0.25, -0.2) is 0 Å². The van der Waals surface area contributed by atoms with Crippen LogP contribution in [0.25, 0.3) is 0 Å². The first-order valence-corrected chi connectivity index (χ1v) is 7.82. The molecule has 2 rings (SSSR count). The Labute approximate surface area is 161 Å². The molecule has 0 aromatic heterocycles. The van der Waals surface area contributed by atoms with Crippen molar-refractivity contribution in [3.63, 3.8) is 0 Å². The second-order valence-electron chi connectivity index (χ2n) is 5.01. The van der Waals surface area contributed by atoms with E-state index in [0.717, 1.165) is 5.56 Å². The molecule has 0 aliphatic carbocycles. The number of nitrogens with zero attached hydrogens (tertiary/aromatic N) is 1. The molecule has 0 unspecified atom stereocenters. The first-order chi connectivity index (χ1) is 10.9. The molecule has 5 heteroatoms. The quantitative estimate of drug-likeness (QED) is 0.669. The molecule has 0 aliphatic heterocycles. The predicted molar refractivity (Wildman–Crippen MR) is 112 cm³/mol. The van der Waals surface area contributed by atoms with Crippen molar-refractivity contribution in [2.75, 3.05) is 0 Å². The number of rotatable bonds is 3. The van der Waals surface area contributed by atoms with E-state index in [1.165, 1.54) is 0 Å². The lowest BCUT2D eigenvalue weighted by Gasteiger charge is -2.09. The van der Waals surface area contributed by atoms with Gasteiger partial charge in [0.05, 0.1) is 5.56 Å². The summed E-state index contributed by atoms with van der Waals surface area (Å²) in [5.41, 5.74) is 2.37. The zero-order chi connectivity index (χ0) is 17.4. The van der Waals surface area contributed by atoms with Gasteiger partial charge in [-0.05, 0) is 17.5 Å². The van der Waals surface area contributed by atoms with E-state index in [1.54, 1.807) is 24.3 Å². The van der Waals surface area contributed by atoms with E-state index < -0.39 is 0 Å². The maximum Gasteiger partial charge on any atom is 0.217 e. The molecule has 0 amide bonds. The number of hydrogen-bond donors (Lipinski definition) is 2. The van der Waals surface area contributed by atoms with Crippen LogP contribution in [0.15, 0.2) is 48.5 Å². The number of carbonyl (C=O) groups is 2. The topological polar surface area (TPSA) is 57.9 Å². The Kier molecular flexibility index (Phi) is 12.5. The van der Waals surface area contributed by atoms with Crippen molar-refractivity contribution in [3.05, 3.63) is 70.8 Å². The Bertz CT molecular complexity index is 735. The van der Waals surface area contributed by atoms with Crippen LogP contribution in [0.5, 0.6) is 0 Å². The van der Waals surface area contributed by atoms with Crippen LogP contribution in [0.1, 0.15) is 66.5 Å². The average Bonchev–Trinajstić information content (AvgIpc) is 2.55. The Hall–Kier alpha value is -2.03. The standard InChI is InChI=1S/C11H11NOS.C7H6OS.2CH4/c1-7(2)8-4-3-5-9(11(13)14)10(8)6-12;8-7(9)6-4-2-1-3-5-6;;/h3-5,7H,1-2H3,(H,13,14);1-5H,(H,8,9);2*1H4. The Morgan fingerprint density at radius 3 is 1.84 bits per heavy atom. The third kappa shape index (κ3) is 7.59. The van der Waals surface area contributed by atoms with Crippen molar-refractivity contribution in [2.24, 2.45) is 0 Å². The zero-order valence-corrected chi connectivity index (χ0v) is 14.6. The second kappa shape index (κ2) is 12.3. The van der Waals surface area contributed by atoms with Crippen molar-refractivity contribution < 1.29 is 9.59 Å². The van der Waals surface area contributed by atoms with Crippen LogP contribution in [0.4, 0.5) is 0 Å². The highest BCUT2D eigenvalue weighted by atomic mass is 32.1. The van der Waals surface area contributed by atoms with Crippen molar-refractivity contribution in [1.82, 2.24) is 0 Å². The van der Waals surface area contributed by atoms with Gasteiger partial charge in [0.2, 0.25) is 10.2 Å². The molecule has 0 atom stereocenters. The van der Waals surface area contributed by atoms with Gasteiger partial charge in [-0.2, -0.15) is 5.26 Å². The summed E-state index contributed by atoms with van der Waals surface area (Å²) in [6.45, 7) is 3.98. The van der Waals surface area contributed by atoms with Gasteiger partial charge >= 0.3 is 0 Å². The van der Waals surface area contributed by atoms with E-state index in [1.807, 2.05) is 38.1 Å². The second-order valence-corrected chi connectivity index (χ2v) is 5.82. The van der Waals surface area contributed by atoms with E-state index >= 15 is 0 Å². The summed E-state index contributed by atoms with van der Waals surface area (Å²) in [5, 5.41) is 8.42. The zero-order valence-electron chi connectivity index (χ0n) is 12.9. The third-order valence-electron chi connectivity index (χ3n) is 3.08. The molecule has 25 heavy (non-hydrogen) atoms. The summed E-state index contributed by atoms with van der Waals surface area (Å²) < 4.78 is 0. The monoisotopic (exact) mass is 375 g/mol. The van der Waals surface area contributed by atoms with Crippen LogP contribution in [0.3, 0.4) is 0 Å². The van der Waals surface area contributed by atoms with Crippen LogP contribution in [-0.2, 0) is 0 Å². The number of carbonyl (C=O) groups excluding carboxylic acids is 2. The first-order valence-electron chi connectivity index (χ1n) is 6.93. The minimum Gasteiger partial charge on any atom is -0.282 e. The summed E-state index contributed by atoms with van der Waals surface area (Å²) in [6.07, 6.45) is 0.